The fraction of sp³-hybridized carbons (Fsp3) is 0.308. The lowest BCUT2D eigenvalue weighted by atomic mass is 10.2. The molecule has 0 amide bonds. The minimum Gasteiger partial charge on any atom is -0.220 e. The predicted octanol–water partition coefficient (Wildman–Crippen LogP) is 1.89. The fourth-order valence-corrected chi connectivity index (χ4v) is 3.51. The van der Waals surface area contributed by atoms with Crippen LogP contribution in [0.4, 0.5) is 0 Å². The van der Waals surface area contributed by atoms with Crippen molar-refractivity contribution in [2.45, 2.75) is 24.2 Å². The quantitative estimate of drug-likeness (QED) is 0.727. The van der Waals surface area contributed by atoms with Crippen LogP contribution in [0.15, 0.2) is 39.1 Å². The van der Waals surface area contributed by atoms with E-state index in [0.29, 0.717) is 5.56 Å². The average molecular weight is 420 g/mol. The van der Waals surface area contributed by atoms with Crippen molar-refractivity contribution in [1.29, 1.82) is 0 Å². The van der Waals surface area contributed by atoms with Gasteiger partial charge in [-0.1, -0.05) is 41.9 Å². The number of benzene rings is 1. The molecule has 10 heteroatoms. The van der Waals surface area contributed by atoms with Gasteiger partial charge in [-0.25, -0.2) is 16.8 Å². The summed E-state index contributed by atoms with van der Waals surface area (Å²) in [7, 11) is -7.54. The largest absolute Gasteiger partial charge is 0.251 e. The zero-order chi connectivity index (χ0) is 17.3. The van der Waals surface area contributed by atoms with Crippen molar-refractivity contribution in [3.8, 4) is 11.4 Å². The monoisotopic (exact) mass is 419 g/mol. The summed E-state index contributed by atoms with van der Waals surface area (Å²) in [5.74, 6) is -0.471. The summed E-state index contributed by atoms with van der Waals surface area (Å²) in [6, 6.07) is 6.81. The van der Waals surface area contributed by atoms with Crippen LogP contribution in [-0.4, -0.2) is 43.3 Å². The summed E-state index contributed by atoms with van der Waals surface area (Å²) in [6.45, 7) is 2.87. The van der Waals surface area contributed by atoms with Gasteiger partial charge in [0, 0.05) is 10.0 Å². The van der Waals surface area contributed by atoms with E-state index in [1.165, 1.54) is 13.8 Å². The van der Waals surface area contributed by atoms with Crippen molar-refractivity contribution >= 4 is 35.6 Å². The number of aromatic nitrogens is 3. The highest BCUT2D eigenvalue weighted by Crippen LogP contribution is 2.22. The highest BCUT2D eigenvalue weighted by atomic mass is 79.9. The van der Waals surface area contributed by atoms with Gasteiger partial charge in [0.25, 0.3) is 10.3 Å². The summed E-state index contributed by atoms with van der Waals surface area (Å²) < 4.78 is 49.0. The molecule has 2 aromatic rings. The van der Waals surface area contributed by atoms with Crippen LogP contribution in [0.25, 0.3) is 11.4 Å². The molecule has 124 valence electrons. The lowest BCUT2D eigenvalue weighted by Crippen LogP contribution is -2.16. The molecule has 0 saturated heterocycles. The maximum Gasteiger partial charge on any atom is 0.251 e. The molecule has 0 fully saturated rings. The first-order valence-corrected chi connectivity index (χ1v) is 10.8. The summed E-state index contributed by atoms with van der Waals surface area (Å²) in [6.07, 6.45) is 0. The van der Waals surface area contributed by atoms with Crippen LogP contribution in [-0.2, 0) is 19.7 Å². The van der Waals surface area contributed by atoms with Crippen molar-refractivity contribution in [2.75, 3.05) is 11.5 Å². The molecule has 0 spiro atoms. The lowest BCUT2D eigenvalue weighted by Gasteiger charge is -2.07. The van der Waals surface area contributed by atoms with Gasteiger partial charge in [0.1, 0.15) is 0 Å². The molecular weight excluding hydrogens is 406 g/mol. The normalized spacial score (nSPS) is 12.3. The maximum atomic E-state index is 12.1. The molecule has 7 nitrogen and oxygen atoms in total. The van der Waals surface area contributed by atoms with Crippen molar-refractivity contribution in [1.82, 2.24) is 15.0 Å². The third kappa shape index (κ3) is 3.93. The molecule has 0 saturated carbocycles. The molecule has 0 aliphatic rings. The van der Waals surface area contributed by atoms with Crippen LogP contribution >= 0.6 is 15.9 Å². The Kier molecular flexibility index (Phi) is 5.17. The van der Waals surface area contributed by atoms with Gasteiger partial charge < -0.3 is 0 Å². The van der Waals surface area contributed by atoms with E-state index in [-0.39, 0.29) is 17.3 Å². The Bertz CT molecular complexity index is 891. The minimum atomic E-state index is -3.77. The maximum absolute atomic E-state index is 12.1. The van der Waals surface area contributed by atoms with E-state index >= 15 is 0 Å². The van der Waals surface area contributed by atoms with Crippen molar-refractivity contribution < 1.29 is 16.8 Å². The number of hydrogen-bond donors (Lipinski definition) is 0. The number of hydrogen-bond acceptors (Lipinski definition) is 7. The second-order valence-corrected chi connectivity index (χ2v) is 9.80. The fourth-order valence-electron chi connectivity index (χ4n) is 1.63. The van der Waals surface area contributed by atoms with Gasteiger partial charge in [-0.05, 0) is 12.1 Å². The lowest BCUT2D eigenvalue weighted by molar-refractivity contribution is 0.572. The van der Waals surface area contributed by atoms with E-state index < -0.39 is 30.0 Å². The third-order valence-electron chi connectivity index (χ3n) is 2.99. The van der Waals surface area contributed by atoms with Crippen LogP contribution in [0.1, 0.15) is 13.8 Å². The molecule has 2 rings (SSSR count). The van der Waals surface area contributed by atoms with Crippen LogP contribution in [0.5, 0.6) is 0 Å². The van der Waals surface area contributed by atoms with Gasteiger partial charge in [-0.15, -0.1) is 0 Å². The molecule has 0 N–H and O–H groups in total. The highest BCUT2D eigenvalue weighted by Gasteiger charge is 2.24. The first-order chi connectivity index (χ1) is 10.7. The van der Waals surface area contributed by atoms with E-state index in [9.17, 15) is 16.8 Å². The van der Waals surface area contributed by atoms with Gasteiger partial charge >= 0.3 is 0 Å². The smallest absolute Gasteiger partial charge is 0.220 e. The Morgan fingerprint density at radius 2 is 1.43 bits per heavy atom. The molecule has 0 atom stereocenters. The van der Waals surface area contributed by atoms with Crippen LogP contribution in [0, 0.1) is 0 Å². The van der Waals surface area contributed by atoms with Crippen LogP contribution in [0.2, 0.25) is 0 Å². The molecule has 0 aliphatic carbocycles. The van der Waals surface area contributed by atoms with Gasteiger partial charge in [-0.3, -0.25) is 0 Å². The summed E-state index contributed by atoms with van der Waals surface area (Å²) >= 11 is 3.30. The van der Waals surface area contributed by atoms with Gasteiger partial charge in [0.2, 0.25) is 19.7 Å². The SMILES string of the molecule is CCS(=O)(=O)c1nc(-c2cccc(Br)c2)nc(S(=O)(=O)CC)n1. The summed E-state index contributed by atoms with van der Waals surface area (Å²) in [5, 5.41) is -1.06. The number of halogens is 1. The third-order valence-corrected chi connectivity index (χ3v) is 6.48. The van der Waals surface area contributed by atoms with E-state index in [0.717, 1.165) is 4.47 Å². The molecule has 0 unspecified atom stereocenters. The second-order valence-electron chi connectivity index (χ2n) is 4.54. The zero-order valence-electron chi connectivity index (χ0n) is 12.4. The molecular formula is C13H14BrN3O4S2. The Balaban J connectivity index is 2.78. The predicted molar refractivity (Wildman–Crippen MR) is 88.4 cm³/mol. The van der Waals surface area contributed by atoms with E-state index in [1.807, 2.05) is 0 Å². The van der Waals surface area contributed by atoms with E-state index in [4.69, 9.17) is 0 Å². The zero-order valence-corrected chi connectivity index (χ0v) is 15.6. The van der Waals surface area contributed by atoms with Gasteiger partial charge in [0.15, 0.2) is 5.82 Å². The minimum absolute atomic E-state index is 0.000324. The molecule has 0 aliphatic heterocycles. The van der Waals surface area contributed by atoms with Gasteiger partial charge in [0.05, 0.1) is 11.5 Å². The first-order valence-electron chi connectivity index (χ1n) is 6.67. The van der Waals surface area contributed by atoms with Crippen molar-refractivity contribution in [3.05, 3.63) is 28.7 Å². The number of sulfone groups is 2. The molecule has 0 radical (unpaired) electrons. The molecule has 1 aromatic heterocycles. The van der Waals surface area contributed by atoms with Crippen LogP contribution in [0.3, 0.4) is 0 Å². The average Bonchev–Trinajstić information content (AvgIpc) is 2.54. The topological polar surface area (TPSA) is 107 Å². The molecule has 1 aromatic carbocycles. The Morgan fingerprint density at radius 3 is 1.87 bits per heavy atom. The summed E-state index contributed by atoms with van der Waals surface area (Å²) in [4.78, 5) is 11.5. The summed E-state index contributed by atoms with van der Waals surface area (Å²) in [5.41, 5.74) is 0.488. The standard InChI is InChI=1S/C13H14BrN3O4S2/c1-3-22(18,19)12-15-11(9-6-5-7-10(14)8-9)16-13(17-12)23(20,21)4-2/h5-8H,3-4H2,1-2H3. The Labute approximate surface area is 143 Å². The Hall–Kier alpha value is -1.39. The highest BCUT2D eigenvalue weighted by molar-refractivity contribution is 9.10. The first kappa shape index (κ1) is 18.0. The Morgan fingerprint density at radius 1 is 0.913 bits per heavy atom. The molecule has 1 heterocycles. The second kappa shape index (κ2) is 6.62. The number of rotatable bonds is 5. The number of nitrogens with zero attached hydrogens (tertiary/aromatic N) is 3. The van der Waals surface area contributed by atoms with Crippen molar-refractivity contribution in [2.24, 2.45) is 0 Å². The molecule has 23 heavy (non-hydrogen) atoms. The van der Waals surface area contributed by atoms with E-state index in [1.54, 1.807) is 24.3 Å². The van der Waals surface area contributed by atoms with E-state index in [2.05, 4.69) is 30.9 Å². The van der Waals surface area contributed by atoms with Crippen molar-refractivity contribution in [3.63, 3.8) is 0 Å². The van der Waals surface area contributed by atoms with Crippen LogP contribution < -0.4 is 0 Å². The van der Waals surface area contributed by atoms with Gasteiger partial charge in [-0.2, -0.15) is 15.0 Å². The molecule has 0 bridgehead atoms.